The van der Waals surface area contributed by atoms with Crippen LogP contribution in [0.25, 0.3) is 0 Å². The summed E-state index contributed by atoms with van der Waals surface area (Å²) in [5, 5.41) is 0. The molecule has 0 bridgehead atoms. The van der Waals surface area contributed by atoms with E-state index in [4.69, 9.17) is 0 Å². The smallest absolute Gasteiger partial charge is 0.132 e. The van der Waals surface area contributed by atoms with Gasteiger partial charge in [0.15, 0.2) is 0 Å². The molecular formula is C30H60O. The molecule has 3 atom stereocenters. The number of carbonyl (C=O) groups is 1. The largest absolute Gasteiger partial charge is 0.300 e. The monoisotopic (exact) mass is 436 g/mol. The summed E-state index contributed by atoms with van der Waals surface area (Å²) in [6.07, 6.45) is 29.5. The SMILES string of the molecule is CCCCCCCCCCCCC(C)CCCCCCC[C@H](C)CCC[C@H](C)C(C)=O. The third kappa shape index (κ3) is 22.6. The quantitative estimate of drug-likeness (QED) is 0.137. The van der Waals surface area contributed by atoms with E-state index in [-0.39, 0.29) is 5.92 Å². The maximum atomic E-state index is 11.3. The maximum absolute atomic E-state index is 11.3. The molecule has 0 aromatic heterocycles. The summed E-state index contributed by atoms with van der Waals surface area (Å²) in [7, 11) is 0. The molecule has 0 saturated heterocycles. The second-order valence-corrected chi connectivity index (χ2v) is 11.0. The number of carbonyl (C=O) groups excluding carboxylic acids is 1. The van der Waals surface area contributed by atoms with Crippen LogP contribution in [0.1, 0.15) is 169 Å². The molecule has 186 valence electrons. The highest BCUT2D eigenvalue weighted by Crippen LogP contribution is 2.21. The molecule has 0 spiro atoms. The van der Waals surface area contributed by atoms with Crippen molar-refractivity contribution in [1.82, 2.24) is 0 Å². The van der Waals surface area contributed by atoms with E-state index >= 15 is 0 Å². The normalized spacial score (nSPS) is 14.5. The van der Waals surface area contributed by atoms with Gasteiger partial charge in [0.25, 0.3) is 0 Å². The predicted octanol–water partition coefficient (Wildman–Crippen LogP) is 10.7. The summed E-state index contributed by atoms with van der Waals surface area (Å²) < 4.78 is 0. The Balaban J connectivity index is 3.32. The lowest BCUT2D eigenvalue weighted by Crippen LogP contribution is -2.06. The fourth-order valence-corrected chi connectivity index (χ4v) is 4.76. The van der Waals surface area contributed by atoms with Gasteiger partial charge in [0.2, 0.25) is 0 Å². The van der Waals surface area contributed by atoms with Crippen molar-refractivity contribution in [2.24, 2.45) is 17.8 Å². The number of hydrogen-bond donors (Lipinski definition) is 0. The summed E-state index contributed by atoms with van der Waals surface area (Å²) in [4.78, 5) is 11.3. The third-order valence-corrected chi connectivity index (χ3v) is 7.47. The van der Waals surface area contributed by atoms with Crippen molar-refractivity contribution in [1.29, 1.82) is 0 Å². The van der Waals surface area contributed by atoms with Gasteiger partial charge in [-0.05, 0) is 25.2 Å². The lowest BCUT2D eigenvalue weighted by atomic mass is 9.93. The van der Waals surface area contributed by atoms with Gasteiger partial charge in [0, 0.05) is 5.92 Å². The number of ketones is 1. The van der Waals surface area contributed by atoms with Gasteiger partial charge in [-0.15, -0.1) is 0 Å². The minimum atomic E-state index is 0.264. The number of unbranched alkanes of at least 4 members (excludes halogenated alkanes) is 13. The Bertz CT molecular complexity index is 375. The van der Waals surface area contributed by atoms with Crippen molar-refractivity contribution in [3.05, 3.63) is 0 Å². The molecule has 0 rings (SSSR count). The van der Waals surface area contributed by atoms with E-state index < -0.39 is 0 Å². The minimum absolute atomic E-state index is 0.264. The zero-order valence-electron chi connectivity index (χ0n) is 22.5. The molecular weight excluding hydrogens is 376 g/mol. The van der Waals surface area contributed by atoms with Crippen molar-refractivity contribution in [3.63, 3.8) is 0 Å². The molecule has 0 N–H and O–H groups in total. The van der Waals surface area contributed by atoms with Gasteiger partial charge in [-0.3, -0.25) is 4.79 Å². The Morgan fingerprint density at radius 1 is 0.484 bits per heavy atom. The maximum Gasteiger partial charge on any atom is 0.132 e. The van der Waals surface area contributed by atoms with Crippen LogP contribution in [-0.2, 0) is 4.79 Å². The summed E-state index contributed by atoms with van der Waals surface area (Å²) in [6, 6.07) is 0. The van der Waals surface area contributed by atoms with Gasteiger partial charge in [-0.25, -0.2) is 0 Å². The first kappa shape index (κ1) is 30.7. The molecule has 0 aliphatic rings. The molecule has 31 heavy (non-hydrogen) atoms. The highest BCUT2D eigenvalue weighted by atomic mass is 16.1. The Morgan fingerprint density at radius 3 is 1.16 bits per heavy atom. The van der Waals surface area contributed by atoms with E-state index in [2.05, 4.69) is 27.7 Å². The van der Waals surface area contributed by atoms with Crippen LogP contribution in [0.5, 0.6) is 0 Å². The molecule has 0 heterocycles. The average Bonchev–Trinajstić information content (AvgIpc) is 2.74. The van der Waals surface area contributed by atoms with E-state index in [0.29, 0.717) is 5.78 Å². The van der Waals surface area contributed by atoms with Crippen molar-refractivity contribution in [2.75, 3.05) is 0 Å². The Hall–Kier alpha value is -0.330. The number of hydrogen-bond acceptors (Lipinski definition) is 1. The molecule has 1 nitrogen and oxygen atoms in total. The van der Waals surface area contributed by atoms with Crippen LogP contribution in [-0.4, -0.2) is 5.78 Å². The lowest BCUT2D eigenvalue weighted by molar-refractivity contribution is -0.120. The highest BCUT2D eigenvalue weighted by molar-refractivity contribution is 5.77. The molecule has 0 fully saturated rings. The van der Waals surface area contributed by atoms with Crippen molar-refractivity contribution in [3.8, 4) is 0 Å². The number of Topliss-reactive ketones (excluding diaryl/α,β-unsaturated/α-hetero) is 1. The highest BCUT2D eigenvalue weighted by Gasteiger charge is 2.09. The summed E-state index contributed by atoms with van der Waals surface area (Å²) in [5.41, 5.74) is 0. The first-order valence-electron chi connectivity index (χ1n) is 14.5. The van der Waals surface area contributed by atoms with E-state index in [1.165, 1.54) is 128 Å². The Morgan fingerprint density at radius 2 is 0.806 bits per heavy atom. The summed E-state index contributed by atoms with van der Waals surface area (Å²) in [6.45, 7) is 11.0. The van der Waals surface area contributed by atoms with Crippen molar-refractivity contribution < 1.29 is 4.79 Å². The zero-order valence-corrected chi connectivity index (χ0v) is 22.5. The van der Waals surface area contributed by atoms with Crippen LogP contribution in [0, 0.1) is 17.8 Å². The fourth-order valence-electron chi connectivity index (χ4n) is 4.76. The molecule has 0 aromatic carbocycles. The second-order valence-electron chi connectivity index (χ2n) is 11.0. The standard InChI is InChI=1S/C30H60O/c1-6-7-8-9-10-11-12-13-15-18-22-27(2)23-19-16-14-17-20-24-28(3)25-21-26-29(4)30(5)31/h27-29H,6-26H2,1-5H3/t27?,28-,29-/m0/s1. The van der Waals surface area contributed by atoms with Crippen LogP contribution in [0.4, 0.5) is 0 Å². The second kappa shape index (κ2) is 22.8. The molecule has 0 saturated carbocycles. The topological polar surface area (TPSA) is 17.1 Å². The average molecular weight is 437 g/mol. The van der Waals surface area contributed by atoms with E-state index in [1.54, 1.807) is 6.92 Å². The summed E-state index contributed by atoms with van der Waals surface area (Å²) in [5.74, 6) is 2.39. The van der Waals surface area contributed by atoms with Gasteiger partial charge >= 0.3 is 0 Å². The fraction of sp³-hybridized carbons (Fsp3) is 0.967. The third-order valence-electron chi connectivity index (χ3n) is 7.47. The van der Waals surface area contributed by atoms with Crippen LogP contribution in [0.2, 0.25) is 0 Å². The minimum Gasteiger partial charge on any atom is -0.300 e. The van der Waals surface area contributed by atoms with Crippen molar-refractivity contribution >= 4 is 5.78 Å². The van der Waals surface area contributed by atoms with Crippen LogP contribution < -0.4 is 0 Å². The van der Waals surface area contributed by atoms with Gasteiger partial charge in [0.05, 0.1) is 0 Å². The number of rotatable bonds is 24. The molecule has 0 radical (unpaired) electrons. The van der Waals surface area contributed by atoms with Crippen LogP contribution in [0.15, 0.2) is 0 Å². The first-order valence-corrected chi connectivity index (χ1v) is 14.5. The van der Waals surface area contributed by atoms with Gasteiger partial charge in [-0.2, -0.15) is 0 Å². The van der Waals surface area contributed by atoms with Crippen LogP contribution in [0.3, 0.4) is 0 Å². The zero-order chi connectivity index (χ0) is 23.2. The molecule has 0 aromatic rings. The lowest BCUT2D eigenvalue weighted by Gasteiger charge is -2.13. The molecule has 0 aliphatic carbocycles. The first-order chi connectivity index (χ1) is 15.0. The van der Waals surface area contributed by atoms with Gasteiger partial charge in [-0.1, -0.05) is 156 Å². The molecule has 1 heteroatoms. The Labute approximate surface area is 197 Å². The van der Waals surface area contributed by atoms with Crippen molar-refractivity contribution in [2.45, 2.75) is 169 Å². The van der Waals surface area contributed by atoms with E-state index in [0.717, 1.165) is 18.3 Å². The molecule has 0 amide bonds. The van der Waals surface area contributed by atoms with Gasteiger partial charge < -0.3 is 0 Å². The Kier molecular flexibility index (Phi) is 22.6. The van der Waals surface area contributed by atoms with Crippen LogP contribution >= 0.6 is 0 Å². The van der Waals surface area contributed by atoms with E-state index in [1.807, 2.05) is 0 Å². The van der Waals surface area contributed by atoms with Gasteiger partial charge in [0.1, 0.15) is 5.78 Å². The predicted molar refractivity (Wildman–Crippen MR) is 141 cm³/mol. The summed E-state index contributed by atoms with van der Waals surface area (Å²) >= 11 is 0. The molecule has 1 unspecified atom stereocenters. The van der Waals surface area contributed by atoms with E-state index in [9.17, 15) is 4.79 Å². The molecule has 0 aliphatic heterocycles.